The van der Waals surface area contributed by atoms with Crippen molar-refractivity contribution in [3.63, 3.8) is 0 Å². The molecule has 79 heavy (non-hydrogen) atoms. The number of halogens is 1. The lowest BCUT2D eigenvalue weighted by molar-refractivity contribution is -0.136. The lowest BCUT2D eigenvalue weighted by atomic mass is 9.84. The molecule has 6 amide bonds. The molecule has 4 aliphatic heterocycles. The number of pyridine rings is 1. The molecule has 17 nitrogen and oxygen atoms in total. The van der Waals surface area contributed by atoms with E-state index in [2.05, 4.69) is 26.6 Å². The largest absolute Gasteiger partial charge is 0.490 e. The van der Waals surface area contributed by atoms with Gasteiger partial charge in [0.25, 0.3) is 17.7 Å². The van der Waals surface area contributed by atoms with Crippen LogP contribution in [0, 0.1) is 18.7 Å². The Morgan fingerprint density at radius 3 is 2.28 bits per heavy atom. The van der Waals surface area contributed by atoms with E-state index in [4.69, 9.17) is 14.5 Å². The van der Waals surface area contributed by atoms with Gasteiger partial charge in [-0.05, 0) is 149 Å². The Hall–Kier alpha value is -8.06. The SMILES string of the molecule is Cc1c(OC2CCC(CCC(=O)N3CCN(c4cc5c(cc4F)C(=O)N(C4CCC(=O)NC4=O)C5=O)CC3)CC2)cccc1-c1ccc(N2CCc3cccc(C(=O)Nc4nc5ccccc5s4)c3C2)nc1C(=O)OC(C)(C)C. The highest BCUT2D eigenvalue weighted by molar-refractivity contribution is 7.22. The van der Waals surface area contributed by atoms with E-state index in [1.165, 1.54) is 17.4 Å². The zero-order chi connectivity index (χ0) is 55.3. The van der Waals surface area contributed by atoms with Crippen molar-refractivity contribution in [2.24, 2.45) is 5.92 Å². The van der Waals surface area contributed by atoms with Crippen molar-refractivity contribution < 1.29 is 47.4 Å². The predicted octanol–water partition coefficient (Wildman–Crippen LogP) is 9.04. The number of nitrogens with one attached hydrogen (secondary N) is 2. The Morgan fingerprint density at radius 2 is 1.53 bits per heavy atom. The lowest BCUT2D eigenvalue weighted by Crippen LogP contribution is -2.54. The van der Waals surface area contributed by atoms with E-state index in [0.29, 0.717) is 85.9 Å². The number of piperidine rings is 1. The van der Waals surface area contributed by atoms with Crippen molar-refractivity contribution in [2.75, 3.05) is 47.8 Å². The number of para-hydroxylation sites is 1. The van der Waals surface area contributed by atoms with E-state index >= 15 is 4.39 Å². The average molecular weight is 1090 g/mol. The third kappa shape index (κ3) is 10.9. The second kappa shape index (κ2) is 21.6. The first kappa shape index (κ1) is 53.0. The first-order valence-electron chi connectivity index (χ1n) is 27.1. The Labute approximate surface area is 460 Å². The van der Waals surface area contributed by atoms with Gasteiger partial charge in [-0.15, -0.1) is 0 Å². The Morgan fingerprint density at radius 1 is 0.785 bits per heavy atom. The maximum absolute atomic E-state index is 15.6. The third-order valence-corrected chi connectivity index (χ3v) is 16.7. The van der Waals surface area contributed by atoms with Gasteiger partial charge in [-0.3, -0.25) is 44.3 Å². The van der Waals surface area contributed by atoms with Gasteiger partial charge in [0, 0.05) is 63.2 Å². The van der Waals surface area contributed by atoms with Crippen molar-refractivity contribution in [3.05, 3.63) is 130 Å². The van der Waals surface area contributed by atoms with Crippen molar-refractivity contribution in [1.82, 2.24) is 25.1 Å². The zero-order valence-electron chi connectivity index (χ0n) is 44.6. The topological polar surface area (TPSA) is 201 Å². The van der Waals surface area contributed by atoms with Crippen LogP contribution in [0.15, 0.2) is 84.9 Å². The summed E-state index contributed by atoms with van der Waals surface area (Å²) in [6, 6.07) is 24.5. The molecule has 408 valence electrons. The number of carbonyl (C=O) groups is 7. The molecule has 1 unspecified atom stereocenters. The number of carbonyl (C=O) groups excluding carboxylic acids is 7. The van der Waals surface area contributed by atoms with Crippen LogP contribution in [0.3, 0.4) is 0 Å². The minimum atomic E-state index is -1.15. The predicted molar refractivity (Wildman–Crippen MR) is 296 cm³/mol. The lowest BCUT2D eigenvalue weighted by Gasteiger charge is -2.36. The summed E-state index contributed by atoms with van der Waals surface area (Å²) in [7, 11) is 0. The molecule has 2 aromatic heterocycles. The maximum atomic E-state index is 15.6. The number of aromatic nitrogens is 2. The number of ether oxygens (including phenoxy) is 2. The molecule has 4 aromatic carbocycles. The van der Waals surface area contributed by atoms with Crippen LogP contribution in [0.5, 0.6) is 5.75 Å². The molecule has 0 radical (unpaired) electrons. The Bertz CT molecular complexity index is 3440. The number of imide groups is 2. The average Bonchev–Trinajstić information content (AvgIpc) is 4.18. The number of anilines is 3. The third-order valence-electron chi connectivity index (χ3n) is 15.7. The molecule has 6 heterocycles. The number of hydrogen-bond acceptors (Lipinski definition) is 14. The molecule has 1 saturated carbocycles. The highest BCUT2D eigenvalue weighted by atomic mass is 32.1. The molecule has 19 heteroatoms. The van der Waals surface area contributed by atoms with Crippen LogP contribution in [-0.4, -0.2) is 112 Å². The summed E-state index contributed by atoms with van der Waals surface area (Å²) in [6.07, 6.45) is 5.18. The fourth-order valence-corrected chi connectivity index (χ4v) is 12.4. The molecule has 0 bridgehead atoms. The quantitative estimate of drug-likeness (QED) is 0.0870. The number of piperazine rings is 1. The summed E-state index contributed by atoms with van der Waals surface area (Å²) in [4.78, 5) is 108. The van der Waals surface area contributed by atoms with Crippen molar-refractivity contribution >= 4 is 79.6 Å². The maximum Gasteiger partial charge on any atom is 0.358 e. The summed E-state index contributed by atoms with van der Waals surface area (Å²) in [5.41, 5.74) is 5.08. The monoisotopic (exact) mass is 1090 g/mol. The highest BCUT2D eigenvalue weighted by Crippen LogP contribution is 2.39. The van der Waals surface area contributed by atoms with E-state index < -0.39 is 47.1 Å². The number of benzene rings is 4. The zero-order valence-corrected chi connectivity index (χ0v) is 45.4. The van der Waals surface area contributed by atoms with Crippen molar-refractivity contribution in [1.29, 1.82) is 0 Å². The molecule has 2 saturated heterocycles. The van der Waals surface area contributed by atoms with Crippen LogP contribution < -0.4 is 25.2 Å². The molecule has 11 rings (SSSR count). The number of amides is 6. The van der Waals surface area contributed by atoms with E-state index in [0.717, 1.165) is 75.5 Å². The van der Waals surface area contributed by atoms with Gasteiger partial charge in [0.05, 0.1) is 33.1 Å². The summed E-state index contributed by atoms with van der Waals surface area (Å²) in [6.45, 7) is 9.91. The van der Waals surface area contributed by atoms with Crippen LogP contribution >= 0.6 is 11.3 Å². The van der Waals surface area contributed by atoms with Gasteiger partial charge in [0.15, 0.2) is 10.8 Å². The van der Waals surface area contributed by atoms with E-state index in [1.807, 2.05) is 94.4 Å². The molecule has 1 atom stereocenters. The first-order valence-corrected chi connectivity index (χ1v) is 27.9. The van der Waals surface area contributed by atoms with Crippen LogP contribution in [0.4, 0.5) is 21.0 Å². The van der Waals surface area contributed by atoms with Gasteiger partial charge >= 0.3 is 5.97 Å². The van der Waals surface area contributed by atoms with Gasteiger partial charge in [-0.25, -0.2) is 19.2 Å². The summed E-state index contributed by atoms with van der Waals surface area (Å²) >= 11 is 1.43. The number of thiazole rings is 1. The minimum Gasteiger partial charge on any atom is -0.490 e. The standard InChI is InChI=1S/C60H61FN8O9S/c1-34-38(39-20-22-50(63-53(39)58(76)78-60(2,3)4)68-26-25-36-9-7-11-40(43(36)33-68)54(72)65-59-62-45-12-5-6-14-49(45)79-59)10-8-13-48(34)77-37-18-15-35(16-19-37)17-24-52(71)67-29-27-66(28-30-67)47-32-42-41(31-44(47)61)56(74)69(57(42)75)46-21-23-51(70)64-55(46)73/h5-14,20,22,31-32,35,37,46H,15-19,21,23-30,33H2,1-4H3,(H,62,65,72)(H,64,70,73). The highest BCUT2D eigenvalue weighted by Gasteiger charge is 2.45. The number of rotatable bonds is 12. The summed E-state index contributed by atoms with van der Waals surface area (Å²) in [5.74, 6) is -2.46. The van der Waals surface area contributed by atoms with Gasteiger partial charge in [-0.1, -0.05) is 47.7 Å². The smallest absolute Gasteiger partial charge is 0.358 e. The molecule has 2 N–H and O–H groups in total. The number of fused-ring (bicyclic) bond motifs is 3. The van der Waals surface area contributed by atoms with Crippen molar-refractivity contribution in [3.8, 4) is 16.9 Å². The number of esters is 1. The molecule has 5 aliphatic rings. The normalized spacial score (nSPS) is 19.5. The molecule has 3 fully saturated rings. The van der Waals surface area contributed by atoms with Gasteiger partial charge in [-0.2, -0.15) is 0 Å². The fourth-order valence-electron chi connectivity index (χ4n) is 11.6. The Kier molecular flexibility index (Phi) is 14.5. The van der Waals surface area contributed by atoms with E-state index in [9.17, 15) is 33.6 Å². The second-order valence-corrected chi connectivity index (χ2v) is 23.0. The molecular weight excluding hydrogens is 1030 g/mol. The van der Waals surface area contributed by atoms with Crippen LogP contribution in [0.25, 0.3) is 21.3 Å². The summed E-state index contributed by atoms with van der Waals surface area (Å²) in [5, 5.41) is 5.72. The second-order valence-electron chi connectivity index (χ2n) is 22.0. The molecule has 6 aromatic rings. The van der Waals surface area contributed by atoms with Crippen LogP contribution in [0.1, 0.15) is 130 Å². The van der Waals surface area contributed by atoms with Crippen molar-refractivity contribution in [2.45, 2.75) is 110 Å². The van der Waals surface area contributed by atoms with Crippen LogP contribution in [-0.2, 0) is 32.1 Å². The molecule has 1 aliphatic carbocycles. The van der Waals surface area contributed by atoms with Gasteiger partial charge in [0.2, 0.25) is 17.7 Å². The first-order chi connectivity index (χ1) is 38.0. The summed E-state index contributed by atoms with van der Waals surface area (Å²) < 4.78 is 29.2. The van der Waals surface area contributed by atoms with Crippen LogP contribution in [0.2, 0.25) is 0 Å². The number of nitrogens with zero attached hydrogens (tertiary/aromatic N) is 6. The van der Waals surface area contributed by atoms with Gasteiger partial charge < -0.3 is 24.2 Å². The van der Waals surface area contributed by atoms with E-state index in [1.54, 1.807) is 9.80 Å². The minimum absolute atomic E-state index is 0.00288. The molecule has 0 spiro atoms. The number of hydrogen-bond donors (Lipinski definition) is 2. The molecular formula is C60H61FN8O9S. The van der Waals surface area contributed by atoms with E-state index in [-0.39, 0.29) is 53.3 Å². The fraction of sp³-hybridized carbons (Fsp3) is 0.383. The Balaban J connectivity index is 0.698. The van der Waals surface area contributed by atoms with Gasteiger partial charge in [0.1, 0.15) is 29.0 Å².